The van der Waals surface area contributed by atoms with Gasteiger partial charge in [-0.2, -0.15) is 0 Å². The molecule has 5 nitrogen and oxygen atoms in total. The van der Waals surface area contributed by atoms with Gasteiger partial charge in [-0.25, -0.2) is 4.98 Å². The number of aromatic nitrogens is 3. The Morgan fingerprint density at radius 2 is 2.08 bits per heavy atom. The molecule has 13 heavy (non-hydrogen) atoms. The van der Waals surface area contributed by atoms with E-state index in [2.05, 4.69) is 15.0 Å². The molecule has 5 heteroatoms. The second-order valence-corrected chi connectivity index (χ2v) is 2.72. The summed E-state index contributed by atoms with van der Waals surface area (Å²) in [5, 5.41) is 0.314. The predicted molar refractivity (Wildman–Crippen MR) is 47.7 cm³/mol. The highest BCUT2D eigenvalue weighted by Crippen LogP contribution is 1.97. The van der Waals surface area contributed by atoms with E-state index >= 15 is 0 Å². The average molecular weight is 177 g/mol. The number of aryl methyl sites for hydroxylation is 1. The van der Waals surface area contributed by atoms with Gasteiger partial charge in [0.05, 0.1) is 5.39 Å². The predicted octanol–water partition coefficient (Wildman–Crippen LogP) is -0.0802. The first kappa shape index (κ1) is 7.72. The molecule has 0 aromatic carbocycles. The number of hydrogen-bond acceptors (Lipinski definition) is 3. The van der Waals surface area contributed by atoms with E-state index in [4.69, 9.17) is 0 Å². The number of rotatable bonds is 0. The molecule has 0 fully saturated rings. The topological polar surface area (TPSA) is 78.6 Å². The summed E-state index contributed by atoms with van der Waals surface area (Å²) < 4.78 is 0. The number of aromatic amines is 2. The van der Waals surface area contributed by atoms with E-state index in [0.717, 1.165) is 0 Å². The van der Waals surface area contributed by atoms with Crippen molar-refractivity contribution in [1.82, 2.24) is 15.0 Å². The maximum Gasteiger partial charge on any atom is 0.274 e. The van der Waals surface area contributed by atoms with Gasteiger partial charge < -0.3 is 9.97 Å². The Bertz CT molecular complexity index is 567. The van der Waals surface area contributed by atoms with Crippen LogP contribution in [-0.2, 0) is 0 Å². The van der Waals surface area contributed by atoms with Gasteiger partial charge in [0.2, 0.25) is 0 Å². The molecule has 2 N–H and O–H groups in total. The molecule has 0 atom stereocenters. The Morgan fingerprint density at radius 3 is 2.85 bits per heavy atom. The standard InChI is InChI=1S/C8H7N3O2/c1-4-10-6-5(7(12)11-4)2-3-9-8(6)13/h2-3H,1H3,(H,9,13)(H,10,11,12). The fourth-order valence-electron chi connectivity index (χ4n) is 1.19. The first-order chi connectivity index (χ1) is 6.18. The van der Waals surface area contributed by atoms with Crippen LogP contribution < -0.4 is 11.1 Å². The highest BCUT2D eigenvalue weighted by molar-refractivity contribution is 5.75. The first-order valence-corrected chi connectivity index (χ1v) is 3.77. The zero-order chi connectivity index (χ0) is 9.42. The fraction of sp³-hybridized carbons (Fsp3) is 0.125. The molecule has 0 bridgehead atoms. The summed E-state index contributed by atoms with van der Waals surface area (Å²) in [6.45, 7) is 1.63. The summed E-state index contributed by atoms with van der Waals surface area (Å²) in [5.74, 6) is 0.439. The van der Waals surface area contributed by atoms with Crippen LogP contribution in [0.2, 0.25) is 0 Å². The van der Waals surface area contributed by atoms with E-state index in [1.807, 2.05) is 0 Å². The summed E-state index contributed by atoms with van der Waals surface area (Å²) in [4.78, 5) is 31.4. The third-order valence-electron chi connectivity index (χ3n) is 1.75. The summed E-state index contributed by atoms with van der Waals surface area (Å²) in [5.41, 5.74) is -0.441. The third-order valence-corrected chi connectivity index (χ3v) is 1.75. The molecule has 2 heterocycles. The highest BCUT2D eigenvalue weighted by Gasteiger charge is 2.03. The number of H-pyrrole nitrogens is 2. The van der Waals surface area contributed by atoms with Crippen LogP contribution in [0.4, 0.5) is 0 Å². The highest BCUT2D eigenvalue weighted by atomic mass is 16.1. The lowest BCUT2D eigenvalue weighted by Gasteiger charge is -1.95. The van der Waals surface area contributed by atoms with Crippen molar-refractivity contribution in [2.75, 3.05) is 0 Å². The molecule has 0 saturated carbocycles. The van der Waals surface area contributed by atoms with Crippen LogP contribution in [0.5, 0.6) is 0 Å². The van der Waals surface area contributed by atoms with Gasteiger partial charge in [0.15, 0.2) is 0 Å². The Morgan fingerprint density at radius 1 is 1.31 bits per heavy atom. The second kappa shape index (κ2) is 2.55. The van der Waals surface area contributed by atoms with E-state index in [9.17, 15) is 9.59 Å². The molecule has 0 aliphatic carbocycles. The van der Waals surface area contributed by atoms with Crippen LogP contribution in [0.25, 0.3) is 10.9 Å². The Balaban J connectivity index is 3.12. The van der Waals surface area contributed by atoms with Crippen molar-refractivity contribution in [1.29, 1.82) is 0 Å². The fourth-order valence-corrected chi connectivity index (χ4v) is 1.19. The number of pyridine rings is 1. The maximum absolute atomic E-state index is 11.3. The molecule has 0 spiro atoms. The largest absolute Gasteiger partial charge is 0.327 e. The van der Waals surface area contributed by atoms with Crippen LogP contribution in [0, 0.1) is 6.92 Å². The normalized spacial score (nSPS) is 10.5. The minimum Gasteiger partial charge on any atom is -0.327 e. The van der Waals surface area contributed by atoms with Crippen molar-refractivity contribution >= 4 is 10.9 Å². The minimum absolute atomic E-state index is 0.184. The average Bonchev–Trinajstić information content (AvgIpc) is 2.07. The van der Waals surface area contributed by atoms with Gasteiger partial charge in [-0.05, 0) is 13.0 Å². The van der Waals surface area contributed by atoms with Crippen LogP contribution in [-0.4, -0.2) is 15.0 Å². The van der Waals surface area contributed by atoms with E-state index < -0.39 is 0 Å². The third kappa shape index (κ3) is 1.14. The van der Waals surface area contributed by atoms with Crippen LogP contribution in [0.15, 0.2) is 21.9 Å². The molecule has 0 amide bonds. The van der Waals surface area contributed by atoms with Gasteiger partial charge in [0.1, 0.15) is 11.3 Å². The van der Waals surface area contributed by atoms with Crippen LogP contribution in [0.1, 0.15) is 5.82 Å². The molecule has 0 saturated heterocycles. The van der Waals surface area contributed by atoms with E-state index in [-0.39, 0.29) is 16.6 Å². The van der Waals surface area contributed by atoms with Crippen molar-refractivity contribution in [2.24, 2.45) is 0 Å². The number of nitrogens with one attached hydrogen (secondary N) is 2. The smallest absolute Gasteiger partial charge is 0.274 e. The minimum atomic E-state index is -0.341. The molecule has 0 aliphatic heterocycles. The Kier molecular flexibility index (Phi) is 1.51. The zero-order valence-corrected chi connectivity index (χ0v) is 6.92. The van der Waals surface area contributed by atoms with Crippen molar-refractivity contribution in [3.05, 3.63) is 38.8 Å². The lowest BCUT2D eigenvalue weighted by molar-refractivity contribution is 1.05. The molecule has 0 radical (unpaired) electrons. The summed E-state index contributed by atoms with van der Waals surface area (Å²) in [6, 6.07) is 1.53. The molecule has 2 aromatic rings. The van der Waals surface area contributed by atoms with Gasteiger partial charge in [-0.1, -0.05) is 0 Å². The van der Waals surface area contributed by atoms with Gasteiger partial charge in [0, 0.05) is 6.20 Å². The number of fused-ring (bicyclic) bond motifs is 1. The van der Waals surface area contributed by atoms with Gasteiger partial charge >= 0.3 is 0 Å². The Hall–Kier alpha value is -1.91. The molecule has 2 rings (SSSR count). The molecule has 2 aromatic heterocycles. The van der Waals surface area contributed by atoms with Gasteiger partial charge in [-0.15, -0.1) is 0 Å². The maximum atomic E-state index is 11.3. The van der Waals surface area contributed by atoms with Gasteiger partial charge in [0.25, 0.3) is 11.1 Å². The molecular weight excluding hydrogens is 170 g/mol. The van der Waals surface area contributed by atoms with Crippen molar-refractivity contribution < 1.29 is 0 Å². The summed E-state index contributed by atoms with van der Waals surface area (Å²) >= 11 is 0. The van der Waals surface area contributed by atoms with Crippen molar-refractivity contribution in [2.45, 2.75) is 6.92 Å². The Labute approximate surface area is 72.5 Å². The van der Waals surface area contributed by atoms with Crippen LogP contribution in [0.3, 0.4) is 0 Å². The lowest BCUT2D eigenvalue weighted by Crippen LogP contribution is -2.16. The molecule has 66 valence electrons. The molecular formula is C8H7N3O2. The quantitative estimate of drug-likeness (QED) is 0.590. The van der Waals surface area contributed by atoms with Gasteiger partial charge in [-0.3, -0.25) is 9.59 Å². The lowest BCUT2D eigenvalue weighted by atomic mass is 10.3. The van der Waals surface area contributed by atoms with Crippen molar-refractivity contribution in [3.8, 4) is 0 Å². The SMILES string of the molecule is Cc1nc2c(=O)[nH]ccc2c(=O)[nH]1. The summed E-state index contributed by atoms with van der Waals surface area (Å²) in [7, 11) is 0. The zero-order valence-electron chi connectivity index (χ0n) is 6.92. The summed E-state index contributed by atoms with van der Waals surface area (Å²) in [6.07, 6.45) is 1.43. The first-order valence-electron chi connectivity index (χ1n) is 3.77. The van der Waals surface area contributed by atoms with Crippen LogP contribution >= 0.6 is 0 Å². The van der Waals surface area contributed by atoms with E-state index in [1.54, 1.807) is 6.92 Å². The molecule has 0 aliphatic rings. The van der Waals surface area contributed by atoms with E-state index in [1.165, 1.54) is 12.3 Å². The monoisotopic (exact) mass is 177 g/mol. The molecule has 0 unspecified atom stereocenters. The van der Waals surface area contributed by atoms with Crippen molar-refractivity contribution in [3.63, 3.8) is 0 Å². The number of nitrogens with zero attached hydrogens (tertiary/aromatic N) is 1. The number of hydrogen-bond donors (Lipinski definition) is 2. The second-order valence-electron chi connectivity index (χ2n) is 2.72. The van der Waals surface area contributed by atoms with E-state index in [0.29, 0.717) is 11.2 Å².